The summed E-state index contributed by atoms with van der Waals surface area (Å²) in [7, 11) is 1.13. The van der Waals surface area contributed by atoms with Crippen LogP contribution in [-0.4, -0.2) is 35.6 Å². The fourth-order valence-electron chi connectivity index (χ4n) is 0.668. The van der Waals surface area contributed by atoms with Crippen LogP contribution in [0.15, 0.2) is 11.3 Å². The summed E-state index contributed by atoms with van der Waals surface area (Å²) in [6.07, 6.45) is 0. The molecule has 0 aromatic rings. The van der Waals surface area contributed by atoms with E-state index < -0.39 is 18.3 Å². The van der Waals surface area contributed by atoms with E-state index in [4.69, 9.17) is 15.6 Å². The van der Waals surface area contributed by atoms with Gasteiger partial charge in [-0.05, 0) is 6.92 Å². The zero-order chi connectivity index (χ0) is 9.72. The van der Waals surface area contributed by atoms with Gasteiger partial charge in [0.1, 0.15) is 17.9 Å². The summed E-state index contributed by atoms with van der Waals surface area (Å²) in [5.74, 6) is -1.37. The minimum Gasteiger partial charge on any atom is -0.509 e. The van der Waals surface area contributed by atoms with Crippen LogP contribution in [-0.2, 0) is 9.53 Å². The molecule has 0 aromatic carbocycles. The van der Waals surface area contributed by atoms with Crippen LogP contribution in [0, 0.1) is 5.41 Å². The van der Waals surface area contributed by atoms with Crippen LogP contribution in [0.25, 0.3) is 0 Å². The lowest BCUT2D eigenvalue weighted by Gasteiger charge is -2.04. The highest BCUT2D eigenvalue weighted by Gasteiger charge is 2.17. The first-order valence-corrected chi connectivity index (χ1v) is 3.21. The summed E-state index contributed by atoms with van der Waals surface area (Å²) >= 11 is 0. The van der Waals surface area contributed by atoms with E-state index in [1.807, 2.05) is 0 Å². The topological polar surface area (TPSA) is 90.6 Å². The molecule has 0 aromatic heterocycles. The Morgan fingerprint density at radius 2 is 2.08 bits per heavy atom. The van der Waals surface area contributed by atoms with Crippen molar-refractivity contribution in [3.63, 3.8) is 0 Å². The number of nitrogens with one attached hydrogen (secondary N) is 1. The Balaban J connectivity index is 4.91. The monoisotopic (exact) mass is 173 g/mol. The molecule has 0 spiro atoms. The van der Waals surface area contributed by atoms with Gasteiger partial charge in [0.05, 0.1) is 7.11 Å². The number of ether oxygens (including phenoxy) is 1. The Bertz CT molecular complexity index is 232. The lowest BCUT2D eigenvalue weighted by Crippen LogP contribution is -2.15. The van der Waals surface area contributed by atoms with Crippen molar-refractivity contribution in [1.82, 2.24) is 0 Å². The zero-order valence-corrected chi connectivity index (χ0v) is 6.92. The minimum atomic E-state index is -0.825. The molecule has 0 bridgehead atoms. The van der Waals surface area contributed by atoms with Crippen LogP contribution in [0.2, 0.25) is 0 Å². The number of aliphatic hydroxyl groups excluding tert-OH is 2. The van der Waals surface area contributed by atoms with Crippen LogP contribution in [0.5, 0.6) is 0 Å². The van der Waals surface area contributed by atoms with Gasteiger partial charge in [-0.15, -0.1) is 0 Å². The van der Waals surface area contributed by atoms with E-state index in [9.17, 15) is 4.79 Å². The molecule has 3 N–H and O–H groups in total. The Morgan fingerprint density at radius 3 is 2.33 bits per heavy atom. The molecule has 0 amide bonds. The molecule has 0 aliphatic heterocycles. The second-order valence-corrected chi connectivity index (χ2v) is 2.10. The zero-order valence-electron chi connectivity index (χ0n) is 6.92. The Morgan fingerprint density at radius 1 is 1.58 bits per heavy atom. The van der Waals surface area contributed by atoms with E-state index in [0.717, 1.165) is 7.11 Å². The van der Waals surface area contributed by atoms with Crippen LogP contribution in [0.3, 0.4) is 0 Å². The normalized spacial score (nSPS) is 11.9. The van der Waals surface area contributed by atoms with Gasteiger partial charge in [0.25, 0.3) is 0 Å². The summed E-state index contributed by atoms with van der Waals surface area (Å²) < 4.78 is 4.29. The Kier molecular flexibility index (Phi) is 3.99. The highest BCUT2D eigenvalue weighted by Crippen LogP contribution is 2.04. The van der Waals surface area contributed by atoms with Gasteiger partial charge in [-0.2, -0.15) is 0 Å². The molecule has 0 fully saturated rings. The second-order valence-electron chi connectivity index (χ2n) is 2.10. The molecule has 0 saturated heterocycles. The van der Waals surface area contributed by atoms with Crippen molar-refractivity contribution in [3.05, 3.63) is 11.3 Å². The molecular formula is C7H11NO4. The molecule has 0 radical (unpaired) electrons. The molecule has 0 atom stereocenters. The molecule has 12 heavy (non-hydrogen) atoms. The van der Waals surface area contributed by atoms with E-state index in [1.165, 1.54) is 6.92 Å². The van der Waals surface area contributed by atoms with Gasteiger partial charge in [0.15, 0.2) is 0 Å². The SMILES string of the molecule is COC(=O)C(C(C)=N)=C(O)CO. The highest BCUT2D eigenvalue weighted by molar-refractivity contribution is 6.17. The summed E-state index contributed by atoms with van der Waals surface area (Å²) in [6, 6.07) is 0. The molecule has 0 saturated carbocycles. The summed E-state index contributed by atoms with van der Waals surface area (Å²) in [4.78, 5) is 10.9. The molecule has 0 aliphatic carbocycles. The van der Waals surface area contributed by atoms with Gasteiger partial charge < -0.3 is 20.4 Å². The van der Waals surface area contributed by atoms with Crippen molar-refractivity contribution in [2.24, 2.45) is 0 Å². The molecular weight excluding hydrogens is 162 g/mol. The predicted molar refractivity (Wildman–Crippen MR) is 42.2 cm³/mol. The minimum absolute atomic E-state index is 0.145. The van der Waals surface area contributed by atoms with Crippen LogP contribution >= 0.6 is 0 Å². The molecule has 5 nitrogen and oxygen atoms in total. The standard InChI is InChI=1S/C7H11NO4/c1-4(8)6(5(10)3-9)7(11)12-2/h8-10H,3H2,1-2H3. The Labute approximate surface area is 69.8 Å². The number of methoxy groups -OCH3 is 1. The average Bonchev–Trinajstić information content (AvgIpc) is 2.03. The largest absolute Gasteiger partial charge is 0.509 e. The molecule has 0 rings (SSSR count). The predicted octanol–water partition coefficient (Wildman–Crippen LogP) is 0.00347. The van der Waals surface area contributed by atoms with E-state index in [1.54, 1.807) is 0 Å². The van der Waals surface area contributed by atoms with Gasteiger partial charge in [0.2, 0.25) is 0 Å². The quantitative estimate of drug-likeness (QED) is 0.242. The lowest BCUT2D eigenvalue weighted by atomic mass is 10.1. The molecule has 68 valence electrons. The first-order valence-electron chi connectivity index (χ1n) is 3.21. The Hall–Kier alpha value is -1.36. The molecule has 0 aliphatic rings. The number of esters is 1. The number of carbonyl (C=O) groups excluding carboxylic acids is 1. The van der Waals surface area contributed by atoms with Crippen molar-refractivity contribution in [3.8, 4) is 0 Å². The van der Waals surface area contributed by atoms with Crippen molar-refractivity contribution in [1.29, 1.82) is 5.41 Å². The van der Waals surface area contributed by atoms with Gasteiger partial charge in [-0.1, -0.05) is 0 Å². The third kappa shape index (κ3) is 2.35. The smallest absolute Gasteiger partial charge is 0.343 e. The fraction of sp³-hybridized carbons (Fsp3) is 0.429. The van der Waals surface area contributed by atoms with Crippen molar-refractivity contribution >= 4 is 11.7 Å². The first kappa shape index (κ1) is 10.6. The van der Waals surface area contributed by atoms with Gasteiger partial charge in [0, 0.05) is 5.71 Å². The van der Waals surface area contributed by atoms with E-state index in [0.29, 0.717) is 0 Å². The second kappa shape index (κ2) is 4.50. The lowest BCUT2D eigenvalue weighted by molar-refractivity contribution is -0.135. The third-order valence-corrected chi connectivity index (χ3v) is 1.20. The van der Waals surface area contributed by atoms with Gasteiger partial charge in [-0.3, -0.25) is 0 Å². The van der Waals surface area contributed by atoms with Crippen LogP contribution in [0.1, 0.15) is 6.92 Å². The van der Waals surface area contributed by atoms with Gasteiger partial charge in [-0.25, -0.2) is 4.79 Å². The number of rotatable bonds is 3. The van der Waals surface area contributed by atoms with Crippen molar-refractivity contribution < 1.29 is 19.7 Å². The molecule has 0 unspecified atom stereocenters. The maximum atomic E-state index is 10.9. The maximum Gasteiger partial charge on any atom is 0.343 e. The van der Waals surface area contributed by atoms with Gasteiger partial charge >= 0.3 is 5.97 Å². The summed E-state index contributed by atoms with van der Waals surface area (Å²) in [5.41, 5.74) is -0.437. The van der Waals surface area contributed by atoms with E-state index in [2.05, 4.69) is 4.74 Å². The van der Waals surface area contributed by atoms with Crippen LogP contribution < -0.4 is 0 Å². The number of hydrogen-bond donors (Lipinski definition) is 3. The van der Waals surface area contributed by atoms with Crippen LogP contribution in [0.4, 0.5) is 0 Å². The summed E-state index contributed by atoms with van der Waals surface area (Å²) in [5, 5.41) is 24.6. The van der Waals surface area contributed by atoms with Crippen molar-refractivity contribution in [2.45, 2.75) is 6.92 Å². The summed E-state index contributed by atoms with van der Waals surface area (Å²) in [6.45, 7) is 0.638. The number of aliphatic hydroxyl groups is 2. The number of carbonyl (C=O) groups is 1. The number of hydrogen-bond acceptors (Lipinski definition) is 5. The molecule has 5 heteroatoms. The van der Waals surface area contributed by atoms with E-state index >= 15 is 0 Å². The average molecular weight is 173 g/mol. The molecule has 0 heterocycles. The fourth-order valence-corrected chi connectivity index (χ4v) is 0.668. The maximum absolute atomic E-state index is 10.9. The highest BCUT2D eigenvalue weighted by atomic mass is 16.5. The third-order valence-electron chi connectivity index (χ3n) is 1.20. The first-order chi connectivity index (χ1) is 5.54. The van der Waals surface area contributed by atoms with E-state index in [-0.39, 0.29) is 11.3 Å². The van der Waals surface area contributed by atoms with Crippen molar-refractivity contribution in [2.75, 3.05) is 13.7 Å².